The predicted octanol–water partition coefficient (Wildman–Crippen LogP) is -0.696. The van der Waals surface area contributed by atoms with Gasteiger partial charge in [-0.05, 0) is 17.4 Å². The summed E-state index contributed by atoms with van der Waals surface area (Å²) in [6.45, 7) is 0.552. The summed E-state index contributed by atoms with van der Waals surface area (Å²) in [5.74, 6) is -2.14. The summed E-state index contributed by atoms with van der Waals surface area (Å²) in [5, 5.41) is 18.3. The average molecular weight is 549 g/mol. The summed E-state index contributed by atoms with van der Waals surface area (Å²) in [5.41, 5.74) is 1.41. The molecule has 1 saturated heterocycles. The van der Waals surface area contributed by atoms with Crippen LogP contribution in [0, 0.1) is 0 Å². The van der Waals surface area contributed by atoms with Crippen molar-refractivity contribution in [2.45, 2.75) is 30.0 Å². The Hall–Kier alpha value is -4.17. The molecule has 5 rings (SSSR count). The van der Waals surface area contributed by atoms with Gasteiger partial charge in [-0.1, -0.05) is 6.07 Å². The number of carbonyl (C=O) groups is 2. The Kier molecular flexibility index (Phi) is 6.92. The third kappa shape index (κ3) is 5.45. The molecule has 2 fully saturated rings. The SMILES string of the molecule is BC(B)(B)NC(=O)c1nnc(N2CCN(C3CC(F)(F)C3)C2=O)cc1Nc1cccc(-c2ncn(C)n2)c1OC. The lowest BCUT2D eigenvalue weighted by atomic mass is 9.49. The monoisotopic (exact) mass is 549 g/mol. The van der Waals surface area contributed by atoms with Crippen LogP contribution in [0.2, 0.25) is 0 Å². The number of nitrogens with one attached hydrogen (secondary N) is 2. The third-order valence-electron chi connectivity index (χ3n) is 6.64. The molecule has 206 valence electrons. The van der Waals surface area contributed by atoms with Crippen LogP contribution in [-0.2, 0) is 7.05 Å². The maximum Gasteiger partial charge on any atom is 0.326 e. The minimum Gasteiger partial charge on any atom is -0.494 e. The molecule has 3 amide bonds. The maximum absolute atomic E-state index is 13.4. The number of methoxy groups -OCH3 is 1. The molecule has 3 heterocycles. The first-order valence-corrected chi connectivity index (χ1v) is 12.8. The van der Waals surface area contributed by atoms with E-state index in [1.165, 1.54) is 16.9 Å². The lowest BCUT2D eigenvalue weighted by molar-refractivity contribution is -0.112. The van der Waals surface area contributed by atoms with E-state index in [0.29, 0.717) is 29.4 Å². The van der Waals surface area contributed by atoms with Crippen molar-refractivity contribution in [1.29, 1.82) is 0 Å². The van der Waals surface area contributed by atoms with Gasteiger partial charge in [-0.25, -0.2) is 18.6 Å². The lowest BCUT2D eigenvalue weighted by Gasteiger charge is -2.40. The van der Waals surface area contributed by atoms with Gasteiger partial charge in [-0.2, -0.15) is 5.10 Å². The van der Waals surface area contributed by atoms with E-state index in [2.05, 4.69) is 30.9 Å². The molecule has 0 atom stereocenters. The molecule has 2 aliphatic rings. The first-order chi connectivity index (χ1) is 18.8. The molecule has 1 aliphatic carbocycles. The van der Waals surface area contributed by atoms with E-state index in [0.717, 1.165) is 0 Å². The Morgan fingerprint density at radius 2 is 1.93 bits per heavy atom. The average Bonchev–Trinajstić information content (AvgIpc) is 3.46. The second kappa shape index (κ2) is 10.1. The van der Waals surface area contributed by atoms with Gasteiger partial charge in [-0.15, -0.1) is 10.2 Å². The molecule has 1 aliphatic heterocycles. The number of halogens is 2. The van der Waals surface area contributed by atoms with Crippen LogP contribution in [0.25, 0.3) is 11.4 Å². The van der Waals surface area contributed by atoms with Crippen molar-refractivity contribution in [1.82, 2.24) is 35.2 Å². The number of carbonyl (C=O) groups excluding carboxylic acids is 2. The quantitative estimate of drug-likeness (QED) is 0.354. The van der Waals surface area contributed by atoms with E-state index in [1.807, 2.05) is 29.6 Å². The molecule has 1 saturated carbocycles. The van der Waals surface area contributed by atoms with Gasteiger partial charge in [0.2, 0.25) is 0 Å². The molecule has 0 bridgehead atoms. The van der Waals surface area contributed by atoms with Crippen molar-refractivity contribution in [2.24, 2.45) is 7.05 Å². The van der Waals surface area contributed by atoms with E-state index in [9.17, 15) is 18.4 Å². The Balaban J connectivity index is 1.50. The largest absolute Gasteiger partial charge is 0.494 e. The first kappa shape index (κ1) is 27.4. The molecule has 0 spiro atoms. The molecule has 0 radical (unpaired) electrons. The van der Waals surface area contributed by atoms with Crippen LogP contribution in [0.5, 0.6) is 5.75 Å². The van der Waals surface area contributed by atoms with Crippen molar-refractivity contribution in [3.63, 3.8) is 0 Å². The Morgan fingerprint density at radius 1 is 1.18 bits per heavy atom. The molecule has 40 heavy (non-hydrogen) atoms. The zero-order chi connectivity index (χ0) is 28.8. The third-order valence-corrected chi connectivity index (χ3v) is 6.64. The molecule has 12 nitrogen and oxygen atoms in total. The van der Waals surface area contributed by atoms with Gasteiger partial charge < -0.3 is 20.3 Å². The minimum absolute atomic E-state index is 0.00392. The number of para-hydroxylation sites is 1. The Morgan fingerprint density at radius 3 is 2.55 bits per heavy atom. The van der Waals surface area contributed by atoms with Gasteiger partial charge in [0, 0.05) is 45.1 Å². The molecular formula is C23H28B3F2N9O3. The van der Waals surface area contributed by atoms with Gasteiger partial charge in [0.1, 0.15) is 29.9 Å². The van der Waals surface area contributed by atoms with Crippen LogP contribution in [0.1, 0.15) is 23.3 Å². The number of urea groups is 1. The summed E-state index contributed by atoms with van der Waals surface area (Å²) in [6.07, 6.45) is 0.875. The topological polar surface area (TPSA) is 130 Å². The second-order valence-corrected chi connectivity index (χ2v) is 11.0. The van der Waals surface area contributed by atoms with Gasteiger partial charge in [0.25, 0.3) is 11.8 Å². The van der Waals surface area contributed by atoms with Gasteiger partial charge in [-0.3, -0.25) is 14.4 Å². The number of amides is 3. The molecule has 2 N–H and O–H groups in total. The van der Waals surface area contributed by atoms with Crippen molar-refractivity contribution in [2.75, 3.05) is 30.4 Å². The number of alkyl halides is 2. The van der Waals surface area contributed by atoms with Crippen molar-refractivity contribution in [3.05, 3.63) is 36.3 Å². The van der Waals surface area contributed by atoms with Crippen LogP contribution in [0.3, 0.4) is 0 Å². The van der Waals surface area contributed by atoms with E-state index >= 15 is 0 Å². The molecule has 3 aromatic rings. The zero-order valence-corrected chi connectivity index (χ0v) is 22.9. The summed E-state index contributed by atoms with van der Waals surface area (Å²) >= 11 is 0. The molecular weight excluding hydrogens is 521 g/mol. The van der Waals surface area contributed by atoms with E-state index < -0.39 is 29.1 Å². The number of aromatic nitrogens is 5. The lowest BCUT2D eigenvalue weighted by Crippen LogP contribution is -2.52. The highest BCUT2D eigenvalue weighted by Gasteiger charge is 2.51. The van der Waals surface area contributed by atoms with Crippen LogP contribution in [0.4, 0.5) is 30.8 Å². The highest BCUT2D eigenvalue weighted by atomic mass is 19.3. The number of hydrogen-bond donors (Lipinski definition) is 2. The van der Waals surface area contributed by atoms with Crippen molar-refractivity contribution in [3.8, 4) is 17.1 Å². The van der Waals surface area contributed by atoms with Gasteiger partial charge >= 0.3 is 6.03 Å². The van der Waals surface area contributed by atoms with Crippen LogP contribution < -0.4 is 20.3 Å². The standard InChI is InChI=1S/C23H28B3F2N9O3/c1-35-11-29-19(34-35)13-4-3-5-14(18(13)40-2)30-15-8-16(32-33-17(15)20(38)31-23(24,25)26)37-7-6-36(21(37)39)12-9-22(27,28)10-12/h3-5,8,11-12H,6-7,9-10,24-26H2,1-2H3,(H,30,32)(H,31,38). The Bertz CT molecular complexity index is 1460. The number of benzene rings is 1. The number of rotatable bonds is 8. The van der Waals surface area contributed by atoms with Gasteiger partial charge in [0.15, 0.2) is 23.1 Å². The Labute approximate surface area is 232 Å². The van der Waals surface area contributed by atoms with Gasteiger partial charge in [0.05, 0.1) is 24.0 Å². The maximum atomic E-state index is 13.4. The summed E-state index contributed by atoms with van der Waals surface area (Å²) in [4.78, 5) is 33.5. The number of nitrogens with zero attached hydrogens (tertiary/aromatic N) is 7. The predicted molar refractivity (Wildman–Crippen MR) is 152 cm³/mol. The number of anilines is 3. The number of ether oxygens (including phenoxy) is 1. The highest BCUT2D eigenvalue weighted by molar-refractivity contribution is 6.60. The highest BCUT2D eigenvalue weighted by Crippen LogP contribution is 2.42. The van der Waals surface area contributed by atoms with Crippen molar-refractivity contribution >= 4 is 52.7 Å². The molecule has 2 aromatic heterocycles. The summed E-state index contributed by atoms with van der Waals surface area (Å²) < 4.78 is 34.2. The van der Waals surface area contributed by atoms with E-state index in [1.54, 1.807) is 36.3 Å². The fourth-order valence-corrected chi connectivity index (χ4v) is 4.77. The fraction of sp³-hybridized carbons (Fsp3) is 0.391. The second-order valence-electron chi connectivity index (χ2n) is 11.0. The van der Waals surface area contributed by atoms with Crippen LogP contribution in [-0.4, -0.2) is 103 Å². The minimum atomic E-state index is -2.74. The normalized spacial score (nSPS) is 17.1. The smallest absolute Gasteiger partial charge is 0.326 e. The molecule has 1 aromatic carbocycles. The zero-order valence-electron chi connectivity index (χ0n) is 22.9. The van der Waals surface area contributed by atoms with E-state index in [4.69, 9.17) is 4.74 Å². The molecule has 0 unspecified atom stereocenters. The molecule has 17 heteroatoms. The fourth-order valence-electron chi connectivity index (χ4n) is 4.77. The summed E-state index contributed by atoms with van der Waals surface area (Å²) in [6, 6.07) is 5.97. The van der Waals surface area contributed by atoms with E-state index in [-0.39, 0.29) is 36.6 Å². The van der Waals surface area contributed by atoms with Crippen LogP contribution in [0.15, 0.2) is 30.6 Å². The number of hydrogen-bond acceptors (Lipinski definition) is 8. The number of aryl methyl sites for hydroxylation is 1. The summed E-state index contributed by atoms with van der Waals surface area (Å²) in [7, 11) is 8.79. The first-order valence-electron chi connectivity index (χ1n) is 12.8. The van der Waals surface area contributed by atoms with Crippen LogP contribution >= 0.6 is 0 Å². The van der Waals surface area contributed by atoms with Crippen molar-refractivity contribution < 1.29 is 23.1 Å².